The Morgan fingerprint density at radius 2 is 2.11 bits per heavy atom. The second-order valence-electron chi connectivity index (χ2n) is 3.95. The van der Waals surface area contributed by atoms with Crippen LogP contribution in [0.25, 0.3) is 11.4 Å². The lowest BCUT2D eigenvalue weighted by Gasteiger charge is -1.96. The summed E-state index contributed by atoms with van der Waals surface area (Å²) in [6.45, 7) is 2.42. The van der Waals surface area contributed by atoms with Crippen molar-refractivity contribution in [1.29, 1.82) is 0 Å². The van der Waals surface area contributed by atoms with Crippen LogP contribution >= 0.6 is 0 Å². The predicted octanol–water partition coefficient (Wildman–Crippen LogP) is 0.620. The molecule has 6 nitrogen and oxygen atoms in total. The van der Waals surface area contributed by atoms with E-state index < -0.39 is 5.91 Å². The molecule has 3 N–H and O–H groups in total. The van der Waals surface area contributed by atoms with Gasteiger partial charge in [0.25, 0.3) is 0 Å². The molecule has 0 aliphatic rings. The van der Waals surface area contributed by atoms with Crippen LogP contribution in [0, 0.1) is 6.92 Å². The SMILES string of the molecule is Cc1ccc(-c2noc(CNCC(N)=O)n2)cc1. The maximum absolute atomic E-state index is 10.5. The van der Waals surface area contributed by atoms with Crippen LogP contribution in [0.5, 0.6) is 0 Å². The summed E-state index contributed by atoms with van der Waals surface area (Å²) in [4.78, 5) is 14.8. The number of rotatable bonds is 5. The smallest absolute Gasteiger partial charge is 0.240 e. The van der Waals surface area contributed by atoms with Crippen molar-refractivity contribution in [2.75, 3.05) is 6.54 Å². The minimum atomic E-state index is -0.423. The monoisotopic (exact) mass is 246 g/mol. The summed E-state index contributed by atoms with van der Waals surface area (Å²) >= 11 is 0. The van der Waals surface area contributed by atoms with Crippen LogP contribution in [0.15, 0.2) is 28.8 Å². The third kappa shape index (κ3) is 3.14. The molecule has 0 saturated carbocycles. The number of benzene rings is 1. The molecular weight excluding hydrogens is 232 g/mol. The van der Waals surface area contributed by atoms with Crippen LogP contribution in [-0.4, -0.2) is 22.6 Å². The maximum atomic E-state index is 10.5. The van der Waals surface area contributed by atoms with E-state index in [-0.39, 0.29) is 6.54 Å². The van der Waals surface area contributed by atoms with Gasteiger partial charge in [0.2, 0.25) is 17.6 Å². The van der Waals surface area contributed by atoms with Gasteiger partial charge >= 0.3 is 0 Å². The summed E-state index contributed by atoms with van der Waals surface area (Å²) in [5.41, 5.74) is 7.06. The molecule has 0 aliphatic carbocycles. The van der Waals surface area contributed by atoms with Gasteiger partial charge in [-0.2, -0.15) is 4.98 Å². The van der Waals surface area contributed by atoms with E-state index >= 15 is 0 Å². The fourth-order valence-electron chi connectivity index (χ4n) is 1.44. The van der Waals surface area contributed by atoms with E-state index in [1.54, 1.807) is 0 Å². The second-order valence-corrected chi connectivity index (χ2v) is 3.95. The lowest BCUT2D eigenvalue weighted by Crippen LogP contribution is -2.28. The zero-order valence-corrected chi connectivity index (χ0v) is 10.0. The first-order chi connectivity index (χ1) is 8.65. The van der Waals surface area contributed by atoms with Gasteiger partial charge in [-0.25, -0.2) is 0 Å². The third-order valence-electron chi connectivity index (χ3n) is 2.35. The van der Waals surface area contributed by atoms with Gasteiger partial charge in [0.1, 0.15) is 0 Å². The van der Waals surface area contributed by atoms with Crippen molar-refractivity contribution in [1.82, 2.24) is 15.5 Å². The van der Waals surface area contributed by atoms with Gasteiger partial charge in [-0.15, -0.1) is 0 Å². The average Bonchev–Trinajstić information content (AvgIpc) is 2.78. The Morgan fingerprint density at radius 1 is 1.39 bits per heavy atom. The van der Waals surface area contributed by atoms with Gasteiger partial charge in [0.15, 0.2) is 0 Å². The standard InChI is InChI=1S/C12H14N4O2/c1-8-2-4-9(5-3-8)12-15-11(18-16-12)7-14-6-10(13)17/h2-5,14H,6-7H2,1H3,(H2,13,17). The van der Waals surface area contributed by atoms with E-state index in [1.807, 2.05) is 31.2 Å². The zero-order chi connectivity index (χ0) is 13.0. The normalized spacial score (nSPS) is 10.5. The summed E-state index contributed by atoms with van der Waals surface area (Å²) in [5.74, 6) is 0.533. The topological polar surface area (TPSA) is 94.0 Å². The Kier molecular flexibility index (Phi) is 3.69. The Bertz CT molecular complexity index is 533. The van der Waals surface area contributed by atoms with E-state index in [1.165, 1.54) is 5.56 Å². The van der Waals surface area contributed by atoms with Crippen molar-refractivity contribution in [2.45, 2.75) is 13.5 Å². The molecule has 2 aromatic rings. The van der Waals surface area contributed by atoms with Crippen molar-refractivity contribution >= 4 is 5.91 Å². The molecule has 94 valence electrons. The molecule has 0 bridgehead atoms. The average molecular weight is 246 g/mol. The van der Waals surface area contributed by atoms with Gasteiger partial charge in [-0.1, -0.05) is 35.0 Å². The molecule has 0 radical (unpaired) electrons. The minimum Gasteiger partial charge on any atom is -0.369 e. The number of nitrogens with zero attached hydrogens (tertiary/aromatic N) is 2. The number of carbonyl (C=O) groups is 1. The second kappa shape index (κ2) is 5.42. The molecule has 1 heterocycles. The molecule has 6 heteroatoms. The molecule has 0 aliphatic heterocycles. The number of hydrogen-bond acceptors (Lipinski definition) is 5. The Labute approximate surface area is 104 Å². The minimum absolute atomic E-state index is 0.0856. The molecule has 0 spiro atoms. The van der Waals surface area contributed by atoms with E-state index in [0.717, 1.165) is 5.56 Å². The summed E-state index contributed by atoms with van der Waals surface area (Å²) < 4.78 is 5.06. The number of nitrogens with one attached hydrogen (secondary N) is 1. The van der Waals surface area contributed by atoms with Crippen molar-refractivity contribution < 1.29 is 9.32 Å². The summed E-state index contributed by atoms with van der Waals surface area (Å²) in [7, 11) is 0. The molecule has 1 amide bonds. The van der Waals surface area contributed by atoms with Gasteiger partial charge in [0.05, 0.1) is 13.1 Å². The number of nitrogens with two attached hydrogens (primary N) is 1. The van der Waals surface area contributed by atoms with Gasteiger partial charge in [0, 0.05) is 5.56 Å². The lowest BCUT2D eigenvalue weighted by atomic mass is 10.1. The van der Waals surface area contributed by atoms with Crippen LogP contribution in [0.1, 0.15) is 11.5 Å². The maximum Gasteiger partial charge on any atom is 0.240 e. The van der Waals surface area contributed by atoms with Crippen LogP contribution in [0.3, 0.4) is 0 Å². The fraction of sp³-hybridized carbons (Fsp3) is 0.250. The van der Waals surface area contributed by atoms with Crippen LogP contribution in [-0.2, 0) is 11.3 Å². The summed E-state index contributed by atoms with van der Waals surface area (Å²) in [5, 5.41) is 6.68. The van der Waals surface area contributed by atoms with Crippen LogP contribution in [0.2, 0.25) is 0 Å². The lowest BCUT2D eigenvalue weighted by molar-refractivity contribution is -0.117. The van der Waals surface area contributed by atoms with Gasteiger partial charge < -0.3 is 10.3 Å². The Morgan fingerprint density at radius 3 is 2.78 bits per heavy atom. The molecule has 18 heavy (non-hydrogen) atoms. The molecule has 1 aromatic heterocycles. The fourth-order valence-corrected chi connectivity index (χ4v) is 1.44. The van der Waals surface area contributed by atoms with E-state index in [9.17, 15) is 4.79 Å². The number of primary amides is 1. The highest BCUT2D eigenvalue weighted by molar-refractivity contribution is 5.75. The van der Waals surface area contributed by atoms with Crippen LogP contribution in [0.4, 0.5) is 0 Å². The summed E-state index contributed by atoms with van der Waals surface area (Å²) in [6.07, 6.45) is 0. The first-order valence-corrected chi connectivity index (χ1v) is 5.54. The van der Waals surface area contributed by atoms with Gasteiger partial charge in [-0.05, 0) is 6.92 Å². The quantitative estimate of drug-likeness (QED) is 0.806. The van der Waals surface area contributed by atoms with Crippen molar-refractivity contribution in [3.63, 3.8) is 0 Å². The molecular formula is C12H14N4O2. The largest absolute Gasteiger partial charge is 0.369 e. The highest BCUT2D eigenvalue weighted by Crippen LogP contribution is 2.15. The Balaban J connectivity index is 2.01. The molecule has 2 rings (SSSR count). The van der Waals surface area contributed by atoms with E-state index in [4.69, 9.17) is 10.3 Å². The number of aromatic nitrogens is 2. The molecule has 0 unspecified atom stereocenters. The highest BCUT2D eigenvalue weighted by atomic mass is 16.5. The molecule has 1 aromatic carbocycles. The molecule has 0 saturated heterocycles. The number of aryl methyl sites for hydroxylation is 1. The highest BCUT2D eigenvalue weighted by Gasteiger charge is 2.08. The number of hydrogen-bond donors (Lipinski definition) is 2. The summed E-state index contributed by atoms with van der Waals surface area (Å²) in [6, 6.07) is 7.83. The molecule has 0 fully saturated rings. The first kappa shape index (κ1) is 12.3. The zero-order valence-electron chi connectivity index (χ0n) is 10.0. The molecule has 0 atom stereocenters. The van der Waals surface area contributed by atoms with Crippen molar-refractivity contribution in [2.24, 2.45) is 5.73 Å². The number of amides is 1. The third-order valence-corrected chi connectivity index (χ3v) is 2.35. The van der Waals surface area contributed by atoms with Crippen LogP contribution < -0.4 is 11.1 Å². The number of carbonyl (C=O) groups excluding carboxylic acids is 1. The van der Waals surface area contributed by atoms with Gasteiger partial charge in [-0.3, -0.25) is 10.1 Å². The van der Waals surface area contributed by atoms with Crippen molar-refractivity contribution in [3.05, 3.63) is 35.7 Å². The van der Waals surface area contributed by atoms with E-state index in [0.29, 0.717) is 18.3 Å². The predicted molar refractivity (Wildman–Crippen MR) is 65.4 cm³/mol. The van der Waals surface area contributed by atoms with E-state index in [2.05, 4.69) is 15.5 Å². The van der Waals surface area contributed by atoms with Crippen molar-refractivity contribution in [3.8, 4) is 11.4 Å². The first-order valence-electron chi connectivity index (χ1n) is 5.54. The Hall–Kier alpha value is -2.21.